The molecule has 0 bridgehead atoms. The molecule has 2 aliphatic rings. The molecule has 108 heavy (non-hydrogen) atoms. The Labute approximate surface area is 617 Å². The third-order valence-corrected chi connectivity index (χ3v) is 17.2. The molecule has 4 aromatic heterocycles. The minimum absolute atomic E-state index is 0.00287. The van der Waals surface area contributed by atoms with Crippen molar-refractivity contribution in [3.63, 3.8) is 0 Å². The summed E-state index contributed by atoms with van der Waals surface area (Å²) in [5.41, 5.74) is 10.2. The summed E-state index contributed by atoms with van der Waals surface area (Å²) in [5, 5.41) is 39.4. The lowest BCUT2D eigenvalue weighted by atomic mass is 9.89. The number of rotatable bonds is 23. The Morgan fingerprint density at radius 3 is 1.42 bits per heavy atom. The number of benzene rings is 5. The van der Waals surface area contributed by atoms with Gasteiger partial charge in [-0.1, -0.05) is 104 Å². The highest BCUT2D eigenvalue weighted by atomic mass is 16.7. The average molecular weight is 1490 g/mol. The van der Waals surface area contributed by atoms with Gasteiger partial charge in [0.05, 0.1) is 61.7 Å². The second kappa shape index (κ2) is 35.7. The maximum absolute atomic E-state index is 13.0. The van der Waals surface area contributed by atoms with Crippen molar-refractivity contribution in [1.82, 2.24) is 29.1 Å². The van der Waals surface area contributed by atoms with Crippen molar-refractivity contribution in [2.45, 2.75) is 171 Å². The molecule has 0 aliphatic carbocycles. The summed E-state index contributed by atoms with van der Waals surface area (Å²) in [4.78, 5) is 123. The number of imidazole rings is 2. The number of nitro benzene ring substituents is 3. The van der Waals surface area contributed by atoms with Crippen LogP contribution in [0.3, 0.4) is 0 Å². The number of nitro groups is 3. The molecule has 3 N–H and O–H groups in total. The summed E-state index contributed by atoms with van der Waals surface area (Å²) in [5.74, 6) is -2.11. The lowest BCUT2D eigenvalue weighted by Gasteiger charge is -2.43. The number of esters is 4. The van der Waals surface area contributed by atoms with Crippen LogP contribution in [-0.2, 0) is 83.4 Å². The first-order chi connectivity index (χ1) is 51.4. The number of nitrogen functional groups attached to an aromatic ring is 1. The lowest BCUT2D eigenvalue weighted by molar-refractivity contribution is -0.387. The Morgan fingerprint density at radius 1 is 0.556 bits per heavy atom. The van der Waals surface area contributed by atoms with E-state index in [9.17, 15) is 59.1 Å². The number of hydrogen-bond acceptors (Lipinski definition) is 28. The number of hydrogen-bond donors (Lipinski definition) is 2. The van der Waals surface area contributed by atoms with Gasteiger partial charge in [0, 0.05) is 87.7 Å². The predicted octanol–water partition coefficient (Wildman–Crippen LogP) is 13.0. The molecule has 572 valence electrons. The van der Waals surface area contributed by atoms with Gasteiger partial charge in [-0.05, 0) is 72.2 Å². The molecule has 10 atom stereocenters. The van der Waals surface area contributed by atoms with E-state index in [0.717, 1.165) is 71.1 Å². The number of ether oxygens (including phenoxy) is 11. The zero-order valence-corrected chi connectivity index (χ0v) is 61.2. The molecule has 11 rings (SSSR count). The first-order valence-corrected chi connectivity index (χ1v) is 34.5. The molecule has 9 aromatic rings. The maximum atomic E-state index is 13.0. The van der Waals surface area contributed by atoms with Crippen molar-refractivity contribution in [3.05, 3.63) is 163 Å². The van der Waals surface area contributed by atoms with Gasteiger partial charge in [-0.3, -0.25) is 54.8 Å². The number of amides is 1. The zero-order chi connectivity index (χ0) is 78.4. The molecule has 2 fully saturated rings. The van der Waals surface area contributed by atoms with Crippen LogP contribution in [-0.4, -0.2) is 129 Å². The molecule has 6 heterocycles. The Kier molecular flexibility index (Phi) is 26.4. The van der Waals surface area contributed by atoms with E-state index in [1.54, 1.807) is 20.2 Å². The largest absolute Gasteiger partial charge is 0.514 e. The molecule has 2 aliphatic heterocycles. The molecule has 34 nitrogen and oxygen atoms in total. The van der Waals surface area contributed by atoms with Crippen molar-refractivity contribution < 1.29 is 95.6 Å². The highest BCUT2D eigenvalue weighted by Crippen LogP contribution is 2.40. The van der Waals surface area contributed by atoms with Crippen LogP contribution >= 0.6 is 0 Å². The standard InChI is InChI=1S/C34H39N5O10.C26H28N2O13.C14H16N4/c1-7-26-19(4)30(46-20(5)40)31(47-21(6)41)33(48-26)49-27-13-12-22(14-25(27)39(43)44)16-45-34(42)37-32-28-29(38(17-35-28)15-18(2)3)23-10-8-9-11-24(23)36-32;1-5-21-14(2)23(37-15(3)29)24(38-16(4)30)25(40-21)41-22-11-6-17(12-20(22)28(34)35)13-36-26(31)39-19-9-7-18(8-10-19)27(32)33;1-9(2)7-18-8-16-12-13(18)10-5-3-4-6-11(10)17-14(12)15/h8-14,17-19,26,30-31,33H,7,15-16H2,1-6H3,(H,36,37,42);6-12,14,21,23-25H,5,13H2,1-4H3;3-6,8-9H,7H2,1-2H3,(H2,15,17)/t19-,26-,30+,31+,33?;14-,21-,23+,24+,25?;/m11./s1. The number of non-ortho nitro benzene ring substituents is 1. The van der Waals surface area contributed by atoms with Crippen LogP contribution < -0.4 is 25.3 Å². The number of nitrogens with two attached hydrogens (primary N) is 1. The third kappa shape index (κ3) is 19.8. The minimum Gasteiger partial charge on any atom is -0.458 e. The predicted molar refractivity (Wildman–Crippen MR) is 388 cm³/mol. The first-order valence-electron chi connectivity index (χ1n) is 34.5. The Balaban J connectivity index is 0.000000204. The van der Waals surface area contributed by atoms with E-state index in [4.69, 9.17) is 57.8 Å². The van der Waals surface area contributed by atoms with Crippen molar-refractivity contribution in [3.8, 4) is 17.2 Å². The average Bonchev–Trinajstić information content (AvgIpc) is 1.56. The molecule has 0 spiro atoms. The van der Waals surface area contributed by atoms with Crippen molar-refractivity contribution in [1.29, 1.82) is 0 Å². The molecule has 5 aromatic carbocycles. The molecular formula is C74H83N11O23. The van der Waals surface area contributed by atoms with Crippen molar-refractivity contribution in [2.24, 2.45) is 23.7 Å². The Hall–Kier alpha value is -12.2. The molecular weight excluding hydrogens is 1410 g/mol. The van der Waals surface area contributed by atoms with Gasteiger partial charge in [0.2, 0.25) is 24.8 Å². The topological polar surface area (TPSA) is 433 Å². The van der Waals surface area contributed by atoms with Gasteiger partial charge in [-0.2, -0.15) is 0 Å². The number of carbonyl (C=O) groups is 6. The van der Waals surface area contributed by atoms with E-state index in [0.29, 0.717) is 47.1 Å². The Bertz CT molecular complexity index is 4800. The highest BCUT2D eigenvalue weighted by molar-refractivity contribution is 6.09. The second-order valence-electron chi connectivity index (χ2n) is 26.3. The molecule has 34 heteroatoms. The normalized spacial score (nSPS) is 19.5. The van der Waals surface area contributed by atoms with E-state index in [2.05, 4.69) is 63.6 Å². The summed E-state index contributed by atoms with van der Waals surface area (Å²) >= 11 is 0. The van der Waals surface area contributed by atoms with Crippen LogP contribution in [0.1, 0.15) is 107 Å². The fourth-order valence-electron chi connectivity index (χ4n) is 12.5. The molecule has 0 radical (unpaired) electrons. The molecule has 2 unspecified atom stereocenters. The summed E-state index contributed by atoms with van der Waals surface area (Å²) < 4.78 is 65.1. The van der Waals surface area contributed by atoms with Crippen LogP contribution in [0.25, 0.3) is 43.9 Å². The summed E-state index contributed by atoms with van der Waals surface area (Å²) in [6.45, 7) is 21.5. The highest BCUT2D eigenvalue weighted by Gasteiger charge is 2.51. The molecule has 2 saturated heterocycles. The van der Waals surface area contributed by atoms with E-state index in [1.807, 2.05) is 67.2 Å². The third-order valence-electron chi connectivity index (χ3n) is 17.2. The van der Waals surface area contributed by atoms with Gasteiger partial charge in [-0.25, -0.2) is 29.5 Å². The van der Waals surface area contributed by atoms with E-state index < -0.39 is 118 Å². The number of carbonyl (C=O) groups excluding carboxylic acids is 6. The number of fused-ring (bicyclic) bond motifs is 6. The van der Waals surface area contributed by atoms with E-state index in [1.165, 1.54) is 63.2 Å². The van der Waals surface area contributed by atoms with Gasteiger partial charge in [0.25, 0.3) is 5.69 Å². The van der Waals surface area contributed by atoms with Crippen LogP contribution in [0.2, 0.25) is 0 Å². The van der Waals surface area contributed by atoms with Crippen LogP contribution in [0, 0.1) is 54.0 Å². The number of anilines is 2. The summed E-state index contributed by atoms with van der Waals surface area (Å²) in [6.07, 6.45) is -5.29. The minimum atomic E-state index is -1.35. The first kappa shape index (κ1) is 79.9. The number of nitrogens with zero attached hydrogens (tertiary/aromatic N) is 9. The fraction of sp³-hybridized carbons (Fsp3) is 0.405. The van der Waals surface area contributed by atoms with Gasteiger partial charge < -0.3 is 67.0 Å². The SMILES string of the molecule is CC(C)Cn1cnc2c(N)nc3ccccc3c21.CC[C@H]1OC(Oc2ccc(COC(=O)Nc3nc4ccccc4c4c3ncn4CC(C)C)cc2[N+](=O)[O-])[C@@H](OC(C)=O)[C@@H](OC(C)=O)[C@@H]1C.CC[C@H]1OC(Oc2ccc(COC(=O)Oc3ccc([N+](=O)[O-])cc3)cc2[N+](=O)[O-])[C@@H](OC(C)=O)[C@@H](OC(C)=O)[C@@H]1C. The second-order valence-corrected chi connectivity index (χ2v) is 26.3. The number of nitrogens with one attached hydrogen (secondary N) is 1. The van der Waals surface area contributed by atoms with E-state index in [-0.39, 0.29) is 52.8 Å². The van der Waals surface area contributed by atoms with Gasteiger partial charge in [0.15, 0.2) is 23.1 Å². The number of pyridine rings is 2. The summed E-state index contributed by atoms with van der Waals surface area (Å²) in [6, 6.07) is 28.1. The molecule has 1 amide bonds. The molecule has 0 saturated carbocycles. The number of aromatic nitrogens is 6. The summed E-state index contributed by atoms with van der Waals surface area (Å²) in [7, 11) is 0. The number of para-hydroxylation sites is 2. The van der Waals surface area contributed by atoms with Crippen LogP contribution in [0.4, 0.5) is 38.3 Å². The Morgan fingerprint density at radius 2 is 0.981 bits per heavy atom. The quantitative estimate of drug-likeness (QED) is 0.0197. The van der Waals surface area contributed by atoms with Crippen LogP contribution in [0.15, 0.2) is 122 Å². The zero-order valence-electron chi connectivity index (χ0n) is 61.2. The van der Waals surface area contributed by atoms with Gasteiger partial charge in [0.1, 0.15) is 42.2 Å². The maximum Gasteiger partial charge on any atom is 0.514 e. The van der Waals surface area contributed by atoms with E-state index >= 15 is 0 Å². The fourth-order valence-corrected chi connectivity index (χ4v) is 12.5. The van der Waals surface area contributed by atoms with Gasteiger partial charge >= 0.3 is 47.5 Å². The monoisotopic (exact) mass is 1490 g/mol. The van der Waals surface area contributed by atoms with Crippen molar-refractivity contribution in [2.75, 3.05) is 11.1 Å². The van der Waals surface area contributed by atoms with Gasteiger partial charge in [-0.15, -0.1) is 0 Å². The van der Waals surface area contributed by atoms with Crippen LogP contribution in [0.5, 0.6) is 17.2 Å². The lowest BCUT2D eigenvalue weighted by Crippen LogP contribution is -2.58. The smallest absolute Gasteiger partial charge is 0.458 e. The van der Waals surface area contributed by atoms with Crippen molar-refractivity contribution >= 4 is 109 Å².